The quantitative estimate of drug-likeness (QED) is 0.467. The maximum atomic E-state index is 10.0. The van der Waals surface area contributed by atoms with Gasteiger partial charge in [0.25, 0.3) is 0 Å². The molecule has 0 radical (unpaired) electrons. The summed E-state index contributed by atoms with van der Waals surface area (Å²) in [7, 11) is 0. The molecule has 0 saturated heterocycles. The van der Waals surface area contributed by atoms with Gasteiger partial charge in [-0.15, -0.1) is 0 Å². The Morgan fingerprint density at radius 2 is 2.43 bits per heavy atom. The fourth-order valence-electron chi connectivity index (χ4n) is 0.384. The molecule has 0 aromatic carbocycles. The van der Waals surface area contributed by atoms with E-state index in [0.717, 1.165) is 0 Å². The van der Waals surface area contributed by atoms with Crippen LogP contribution in [0.3, 0.4) is 0 Å². The Morgan fingerprint density at radius 3 is 2.57 bits per heavy atom. The van der Waals surface area contributed by atoms with Crippen molar-refractivity contribution in [3.63, 3.8) is 0 Å². The predicted octanol–water partition coefficient (Wildman–Crippen LogP) is -0.215. The van der Waals surface area contributed by atoms with Crippen molar-refractivity contribution in [3.8, 4) is 0 Å². The monoisotopic (exact) mass is 117 g/mol. The van der Waals surface area contributed by atoms with Crippen LogP contribution in [0.5, 0.6) is 0 Å². The summed E-state index contributed by atoms with van der Waals surface area (Å²) in [6.07, 6.45) is 3.32. The lowest BCUT2D eigenvalue weighted by molar-refractivity contribution is -0.115. The molecule has 7 heavy (non-hydrogen) atoms. The molecule has 1 aliphatic rings. The Morgan fingerprint density at radius 1 is 1.71 bits per heavy atom. The molecular weight excluding hydrogens is 110 g/mol. The van der Waals surface area contributed by atoms with Gasteiger partial charge in [-0.1, -0.05) is 6.08 Å². The van der Waals surface area contributed by atoms with Gasteiger partial charge in [0.15, 0.2) is 0 Å². The van der Waals surface area contributed by atoms with Crippen LogP contribution < -0.4 is 5.32 Å². The highest BCUT2D eigenvalue weighted by Gasteiger charge is 1.95. The molecule has 0 fully saturated rings. The molecule has 3 heteroatoms. The molecule has 0 aromatic heterocycles. The number of amides is 1. The van der Waals surface area contributed by atoms with Gasteiger partial charge in [-0.3, -0.25) is 4.79 Å². The van der Waals surface area contributed by atoms with Crippen LogP contribution in [0.4, 0.5) is 0 Å². The van der Waals surface area contributed by atoms with Crippen LogP contribution in [0, 0.1) is 0 Å². The third-order valence-electron chi connectivity index (χ3n) is 0.663. The zero-order chi connectivity index (χ0) is 4.41. The van der Waals surface area contributed by atoms with Gasteiger partial charge < -0.3 is 5.32 Å². The fraction of sp³-hybridized carbons (Fsp3) is 0.250. The topological polar surface area (TPSA) is 29.1 Å². The molecule has 40 valence electrons. The molecule has 2 nitrogen and oxygen atoms in total. The van der Waals surface area contributed by atoms with Crippen LogP contribution >= 0.6 is 13.5 Å². The Balaban J connectivity index is 0.000000360. The summed E-state index contributed by atoms with van der Waals surface area (Å²) < 4.78 is 0. The van der Waals surface area contributed by atoms with Crippen LogP contribution in [0.25, 0.3) is 0 Å². The molecule has 0 aromatic rings. The molecule has 0 spiro atoms. The third-order valence-corrected chi connectivity index (χ3v) is 0.663. The standard InChI is InChI=1S/C4H5NO.H2S/c6-4-2-1-3-5-4;/h1-2H,3H2,(H,5,6);1H2. The van der Waals surface area contributed by atoms with Crippen LogP contribution in [0.2, 0.25) is 0 Å². The van der Waals surface area contributed by atoms with E-state index in [1.54, 1.807) is 6.08 Å². The Kier molecular flexibility index (Phi) is 2.52. The lowest BCUT2D eigenvalue weighted by atomic mass is 10.6. The van der Waals surface area contributed by atoms with Crippen molar-refractivity contribution in [3.05, 3.63) is 12.2 Å². The highest BCUT2D eigenvalue weighted by Crippen LogP contribution is 1.79. The maximum Gasteiger partial charge on any atom is 0.243 e. The highest BCUT2D eigenvalue weighted by atomic mass is 32.1. The number of carbonyl (C=O) groups is 1. The third kappa shape index (κ3) is 1.64. The average molecular weight is 117 g/mol. The van der Waals surface area contributed by atoms with Gasteiger partial charge in [0.1, 0.15) is 0 Å². The molecule has 1 N–H and O–H groups in total. The average Bonchev–Trinajstić information content (AvgIpc) is 1.86. The van der Waals surface area contributed by atoms with E-state index in [1.165, 1.54) is 6.08 Å². The zero-order valence-electron chi connectivity index (χ0n) is 3.77. The van der Waals surface area contributed by atoms with E-state index in [2.05, 4.69) is 5.32 Å². The Labute approximate surface area is 49.0 Å². The van der Waals surface area contributed by atoms with Crippen LogP contribution in [-0.2, 0) is 4.79 Å². The molecule has 1 rings (SSSR count). The van der Waals surface area contributed by atoms with E-state index >= 15 is 0 Å². The highest BCUT2D eigenvalue weighted by molar-refractivity contribution is 7.59. The van der Waals surface area contributed by atoms with Gasteiger partial charge in [-0.2, -0.15) is 13.5 Å². The second kappa shape index (κ2) is 2.69. The lowest BCUT2D eigenvalue weighted by Crippen LogP contribution is -2.13. The summed E-state index contributed by atoms with van der Waals surface area (Å²) >= 11 is 0. The second-order valence-corrected chi connectivity index (χ2v) is 1.15. The number of carbonyl (C=O) groups excluding carboxylic acids is 1. The minimum atomic E-state index is 0. The molecule has 0 atom stereocenters. The number of hydrogen-bond donors (Lipinski definition) is 1. The maximum absolute atomic E-state index is 10.0. The second-order valence-electron chi connectivity index (χ2n) is 1.15. The van der Waals surface area contributed by atoms with Crippen molar-refractivity contribution in [2.24, 2.45) is 0 Å². The van der Waals surface area contributed by atoms with Gasteiger partial charge in [-0.25, -0.2) is 0 Å². The first-order valence-electron chi connectivity index (χ1n) is 1.84. The van der Waals surface area contributed by atoms with E-state index in [-0.39, 0.29) is 19.4 Å². The van der Waals surface area contributed by atoms with Crippen LogP contribution in [-0.4, -0.2) is 12.5 Å². The summed E-state index contributed by atoms with van der Waals surface area (Å²) in [6.45, 7) is 0.707. The van der Waals surface area contributed by atoms with Gasteiger partial charge in [0, 0.05) is 12.6 Å². The molecule has 0 unspecified atom stereocenters. The van der Waals surface area contributed by atoms with Gasteiger partial charge in [0.05, 0.1) is 0 Å². The summed E-state index contributed by atoms with van der Waals surface area (Å²) in [5.41, 5.74) is 0. The predicted molar refractivity (Wildman–Crippen MR) is 32.5 cm³/mol. The largest absolute Gasteiger partial charge is 0.349 e. The Hall–Kier alpha value is -0.440. The molecule has 1 heterocycles. The van der Waals surface area contributed by atoms with E-state index < -0.39 is 0 Å². The minimum absolute atomic E-state index is 0. The first-order valence-corrected chi connectivity index (χ1v) is 1.84. The first-order chi connectivity index (χ1) is 2.89. The van der Waals surface area contributed by atoms with E-state index in [1.807, 2.05) is 0 Å². The van der Waals surface area contributed by atoms with Crippen molar-refractivity contribution in [1.82, 2.24) is 5.32 Å². The number of nitrogens with one attached hydrogen (secondary N) is 1. The van der Waals surface area contributed by atoms with Crippen molar-refractivity contribution in [1.29, 1.82) is 0 Å². The summed E-state index contributed by atoms with van der Waals surface area (Å²) in [6, 6.07) is 0. The first kappa shape index (κ1) is 6.56. The van der Waals surface area contributed by atoms with Crippen molar-refractivity contribution < 1.29 is 4.79 Å². The molecule has 0 saturated carbocycles. The van der Waals surface area contributed by atoms with Crippen LogP contribution in [0.1, 0.15) is 0 Å². The fourth-order valence-corrected chi connectivity index (χ4v) is 0.384. The zero-order valence-corrected chi connectivity index (χ0v) is 4.77. The SMILES string of the molecule is O=C1C=CCN1.S. The lowest BCUT2D eigenvalue weighted by Gasteiger charge is -1.80. The summed E-state index contributed by atoms with van der Waals surface area (Å²) in [5, 5.41) is 2.57. The van der Waals surface area contributed by atoms with Gasteiger partial charge >= 0.3 is 0 Å². The number of rotatable bonds is 0. The van der Waals surface area contributed by atoms with Crippen molar-refractivity contribution >= 4 is 19.4 Å². The normalized spacial score (nSPS) is 15.7. The van der Waals surface area contributed by atoms with Crippen molar-refractivity contribution in [2.45, 2.75) is 0 Å². The van der Waals surface area contributed by atoms with Crippen LogP contribution in [0.15, 0.2) is 12.2 Å². The Bertz CT molecular complexity index is 99.9. The smallest absolute Gasteiger partial charge is 0.243 e. The number of hydrogen-bond acceptors (Lipinski definition) is 1. The molecule has 0 aliphatic carbocycles. The summed E-state index contributed by atoms with van der Waals surface area (Å²) in [5.74, 6) is 0.0231. The van der Waals surface area contributed by atoms with E-state index in [0.29, 0.717) is 6.54 Å². The molecule has 0 bridgehead atoms. The van der Waals surface area contributed by atoms with Gasteiger partial charge in [0.2, 0.25) is 5.91 Å². The molecular formula is C4H7NOS. The molecule has 1 amide bonds. The van der Waals surface area contributed by atoms with Crippen molar-refractivity contribution in [2.75, 3.05) is 6.54 Å². The molecule has 1 aliphatic heterocycles. The van der Waals surface area contributed by atoms with Gasteiger partial charge in [-0.05, 0) is 0 Å². The van der Waals surface area contributed by atoms with E-state index in [9.17, 15) is 4.79 Å². The minimum Gasteiger partial charge on any atom is -0.349 e. The van der Waals surface area contributed by atoms with E-state index in [4.69, 9.17) is 0 Å². The summed E-state index contributed by atoms with van der Waals surface area (Å²) in [4.78, 5) is 10.0.